The van der Waals surface area contributed by atoms with Crippen molar-refractivity contribution in [3.63, 3.8) is 0 Å². The molecule has 3 aromatic rings. The first-order chi connectivity index (χ1) is 14.4. The average molecular weight is 408 g/mol. The van der Waals surface area contributed by atoms with Crippen LogP contribution in [0, 0.1) is 5.82 Å². The van der Waals surface area contributed by atoms with Gasteiger partial charge >= 0.3 is 5.97 Å². The molecule has 0 radical (unpaired) electrons. The smallest absolute Gasteiger partial charge is 0.310 e. The second kappa shape index (κ2) is 9.65. The number of hydrogen-bond acceptors (Lipinski definition) is 4. The number of benzene rings is 3. The molecule has 0 atom stereocenters. The van der Waals surface area contributed by atoms with Gasteiger partial charge in [-0.25, -0.2) is 4.39 Å². The van der Waals surface area contributed by atoms with Gasteiger partial charge in [-0.2, -0.15) is 0 Å². The van der Waals surface area contributed by atoms with E-state index in [1.54, 1.807) is 0 Å². The SMILES string of the molecule is CN(CC(=O)Nc1ccc(F)cc1)C(=O)COC(=O)Cc1cccc2ccccc12. The maximum Gasteiger partial charge on any atom is 0.310 e. The van der Waals surface area contributed by atoms with Gasteiger partial charge in [0.25, 0.3) is 5.91 Å². The number of ether oxygens (including phenoxy) is 1. The van der Waals surface area contributed by atoms with Crippen LogP contribution in [0.5, 0.6) is 0 Å². The molecule has 0 fully saturated rings. The van der Waals surface area contributed by atoms with E-state index in [9.17, 15) is 18.8 Å². The van der Waals surface area contributed by atoms with Gasteiger partial charge in [-0.15, -0.1) is 0 Å². The second-order valence-electron chi connectivity index (χ2n) is 6.78. The van der Waals surface area contributed by atoms with E-state index in [4.69, 9.17) is 4.74 Å². The zero-order valence-corrected chi connectivity index (χ0v) is 16.4. The molecule has 0 aromatic heterocycles. The van der Waals surface area contributed by atoms with Gasteiger partial charge in [0.05, 0.1) is 13.0 Å². The monoisotopic (exact) mass is 408 g/mol. The lowest BCUT2D eigenvalue weighted by Gasteiger charge is -2.17. The molecule has 0 saturated carbocycles. The standard InChI is InChI=1S/C23H21FN2O4/c1-26(14-21(27)25-19-11-9-18(24)10-12-19)22(28)15-30-23(29)13-17-7-4-6-16-5-2-3-8-20(16)17/h2-12H,13-15H2,1H3,(H,25,27). The van der Waals surface area contributed by atoms with Crippen LogP contribution in [0.1, 0.15) is 5.56 Å². The lowest BCUT2D eigenvalue weighted by molar-refractivity contribution is -0.151. The molecular formula is C23H21FN2O4. The number of anilines is 1. The van der Waals surface area contributed by atoms with Crippen molar-refractivity contribution in [2.45, 2.75) is 6.42 Å². The number of carbonyl (C=O) groups excluding carboxylic acids is 3. The molecule has 2 amide bonds. The summed E-state index contributed by atoms with van der Waals surface area (Å²) < 4.78 is 18.0. The summed E-state index contributed by atoms with van der Waals surface area (Å²) in [7, 11) is 1.44. The summed E-state index contributed by atoms with van der Waals surface area (Å²) in [4.78, 5) is 37.5. The lowest BCUT2D eigenvalue weighted by atomic mass is 10.0. The van der Waals surface area contributed by atoms with Gasteiger partial charge in [-0.3, -0.25) is 14.4 Å². The highest BCUT2D eigenvalue weighted by Gasteiger charge is 2.16. The minimum absolute atomic E-state index is 0.0450. The van der Waals surface area contributed by atoms with Gasteiger partial charge in [-0.1, -0.05) is 42.5 Å². The number of carbonyl (C=O) groups is 3. The molecule has 0 unspecified atom stereocenters. The third-order valence-corrected chi connectivity index (χ3v) is 4.51. The molecule has 3 aromatic carbocycles. The van der Waals surface area contributed by atoms with E-state index < -0.39 is 30.2 Å². The minimum atomic E-state index is -0.524. The van der Waals surface area contributed by atoms with Crippen LogP contribution < -0.4 is 5.32 Å². The van der Waals surface area contributed by atoms with E-state index in [-0.39, 0.29) is 13.0 Å². The Morgan fingerprint density at radius 2 is 1.67 bits per heavy atom. The Hall–Kier alpha value is -3.74. The number of halogens is 1. The lowest BCUT2D eigenvalue weighted by Crippen LogP contribution is -2.37. The number of nitrogens with one attached hydrogen (secondary N) is 1. The van der Waals surface area contributed by atoms with Crippen LogP contribution in [0.2, 0.25) is 0 Å². The van der Waals surface area contributed by atoms with E-state index in [1.165, 1.54) is 31.3 Å². The number of fused-ring (bicyclic) bond motifs is 1. The molecule has 1 N–H and O–H groups in total. The Kier molecular flexibility index (Phi) is 6.75. The Bertz CT molecular complexity index is 1060. The molecule has 0 spiro atoms. The van der Waals surface area contributed by atoms with Crippen molar-refractivity contribution in [2.24, 2.45) is 0 Å². The third kappa shape index (κ3) is 5.64. The number of likely N-dealkylation sites (N-methyl/N-ethyl adjacent to an activating group) is 1. The number of esters is 1. The van der Waals surface area contributed by atoms with Crippen LogP contribution in [0.25, 0.3) is 10.8 Å². The van der Waals surface area contributed by atoms with Crippen LogP contribution in [-0.4, -0.2) is 42.9 Å². The fourth-order valence-electron chi connectivity index (χ4n) is 2.94. The second-order valence-corrected chi connectivity index (χ2v) is 6.78. The first-order valence-electron chi connectivity index (χ1n) is 9.34. The van der Waals surface area contributed by atoms with Crippen molar-refractivity contribution in [3.8, 4) is 0 Å². The predicted octanol–water partition coefficient (Wildman–Crippen LogP) is 3.16. The number of nitrogens with zero attached hydrogens (tertiary/aromatic N) is 1. The highest BCUT2D eigenvalue weighted by atomic mass is 19.1. The summed E-state index contributed by atoms with van der Waals surface area (Å²) in [6.45, 7) is -0.680. The number of hydrogen-bond donors (Lipinski definition) is 1. The molecule has 30 heavy (non-hydrogen) atoms. The van der Waals surface area contributed by atoms with E-state index in [0.29, 0.717) is 5.69 Å². The summed E-state index contributed by atoms with van der Waals surface area (Å²) in [5.74, 6) is -1.88. The molecule has 7 heteroatoms. The maximum atomic E-state index is 12.9. The first kappa shape index (κ1) is 21.0. The predicted molar refractivity (Wildman–Crippen MR) is 111 cm³/mol. The Morgan fingerprint density at radius 1 is 0.967 bits per heavy atom. The molecule has 154 valence electrons. The fourth-order valence-corrected chi connectivity index (χ4v) is 2.94. The molecule has 0 heterocycles. The Morgan fingerprint density at radius 3 is 2.43 bits per heavy atom. The minimum Gasteiger partial charge on any atom is -0.455 e. The molecule has 6 nitrogen and oxygen atoms in total. The van der Waals surface area contributed by atoms with Gasteiger partial charge in [0.2, 0.25) is 5.91 Å². The van der Waals surface area contributed by atoms with Crippen LogP contribution >= 0.6 is 0 Å². The van der Waals surface area contributed by atoms with E-state index in [1.807, 2.05) is 42.5 Å². The number of rotatable bonds is 7. The van der Waals surface area contributed by atoms with Crippen LogP contribution in [0.3, 0.4) is 0 Å². The van der Waals surface area contributed by atoms with Crippen molar-refractivity contribution in [3.05, 3.63) is 78.1 Å². The zero-order chi connectivity index (χ0) is 21.5. The highest BCUT2D eigenvalue weighted by Crippen LogP contribution is 2.19. The van der Waals surface area contributed by atoms with Crippen LogP contribution in [-0.2, 0) is 25.5 Å². The van der Waals surface area contributed by atoms with E-state index in [0.717, 1.165) is 21.2 Å². The maximum absolute atomic E-state index is 12.9. The molecule has 0 aliphatic rings. The molecule has 0 aliphatic carbocycles. The quantitative estimate of drug-likeness (QED) is 0.610. The zero-order valence-electron chi connectivity index (χ0n) is 16.4. The van der Waals surface area contributed by atoms with Crippen molar-refractivity contribution >= 4 is 34.2 Å². The van der Waals surface area contributed by atoms with Gasteiger partial charge in [0.1, 0.15) is 5.82 Å². The third-order valence-electron chi connectivity index (χ3n) is 4.51. The van der Waals surface area contributed by atoms with E-state index in [2.05, 4.69) is 5.32 Å². The summed E-state index contributed by atoms with van der Waals surface area (Å²) in [5, 5.41) is 4.54. The topological polar surface area (TPSA) is 75.7 Å². The van der Waals surface area contributed by atoms with Gasteiger partial charge in [0.15, 0.2) is 6.61 Å². The summed E-state index contributed by atoms with van der Waals surface area (Å²) >= 11 is 0. The summed E-state index contributed by atoms with van der Waals surface area (Å²) in [6.07, 6.45) is 0.0450. The van der Waals surface area contributed by atoms with Gasteiger partial charge in [0, 0.05) is 12.7 Å². The fraction of sp³-hybridized carbons (Fsp3) is 0.174. The molecule has 0 bridgehead atoms. The van der Waals surface area contributed by atoms with Crippen LogP contribution in [0.4, 0.5) is 10.1 Å². The molecule has 0 saturated heterocycles. The van der Waals surface area contributed by atoms with Crippen molar-refractivity contribution in [1.82, 2.24) is 4.90 Å². The van der Waals surface area contributed by atoms with Crippen LogP contribution in [0.15, 0.2) is 66.7 Å². The average Bonchev–Trinajstić information content (AvgIpc) is 2.74. The summed E-state index contributed by atoms with van der Waals surface area (Å²) in [5.41, 5.74) is 1.24. The molecule has 0 aliphatic heterocycles. The number of amides is 2. The van der Waals surface area contributed by atoms with Crippen molar-refractivity contribution in [1.29, 1.82) is 0 Å². The first-order valence-corrected chi connectivity index (χ1v) is 9.34. The summed E-state index contributed by atoms with van der Waals surface area (Å²) in [6, 6.07) is 18.7. The highest BCUT2D eigenvalue weighted by molar-refractivity contribution is 5.95. The largest absolute Gasteiger partial charge is 0.455 e. The van der Waals surface area contributed by atoms with Gasteiger partial charge < -0.3 is 15.0 Å². The van der Waals surface area contributed by atoms with Crippen molar-refractivity contribution in [2.75, 3.05) is 25.5 Å². The van der Waals surface area contributed by atoms with E-state index >= 15 is 0 Å². The van der Waals surface area contributed by atoms with Gasteiger partial charge in [-0.05, 0) is 40.6 Å². The Labute approximate surface area is 173 Å². The normalized spacial score (nSPS) is 10.5. The van der Waals surface area contributed by atoms with Crippen molar-refractivity contribution < 1.29 is 23.5 Å². The molecular weight excluding hydrogens is 387 g/mol. The Balaban J connectivity index is 1.47. The molecule has 3 rings (SSSR count).